The zero-order valence-corrected chi connectivity index (χ0v) is 78.4. The second kappa shape index (κ2) is 43.4. The average Bonchev–Trinajstić information content (AvgIpc) is 1.65. The first-order valence-corrected chi connectivity index (χ1v) is 45.2. The number of aliphatic hydroxyl groups excluding tert-OH is 2. The third kappa shape index (κ3) is 24.8. The van der Waals surface area contributed by atoms with Crippen LogP contribution in [0.4, 0.5) is 26.3 Å². The Morgan fingerprint density at radius 2 is 0.556 bits per heavy atom. The fourth-order valence-electron chi connectivity index (χ4n) is 15.5. The Morgan fingerprint density at radius 1 is 0.347 bits per heavy atom. The van der Waals surface area contributed by atoms with E-state index >= 15 is 0 Å². The van der Waals surface area contributed by atoms with Crippen LogP contribution in [-0.4, -0.2) is 313 Å². The Hall–Kier alpha value is -6.34. The second-order valence-corrected chi connectivity index (χ2v) is 38.5. The molecule has 688 valence electrons. The standard InChI is InChI=1S/2C19H26F2N2O3S.2C19H26N2O4S.C10H16F2N2O3S/c2*1-11-15(25-10-12-6-8-13(24-5)9-7-12)14-17(26-16(11)19(2,20)21)27-18(22-14)23(3)4;2*1-11-16(12(2)22)25-18-15(20-19(26-18)21(3)4)17(11)24-10-13-6-8-14(23-5)9-7-13;1-10(11,12)7-6(16)5(15)4-8(17-7)18-9(13-4)14(2)3/h2*6-9,11,14-17H,10H2,1-5H3;2*6-9,11,15-18H,10H2,1-5H3;4-8,15-16H,1-3H3/t2*11-,14+,15-,16-,17+;2*11-,15-,16+,17+,18-;4-,5-,6+,7+,8-/m00111/s1. The van der Waals surface area contributed by atoms with Crippen LogP contribution < -0.4 is 18.9 Å². The van der Waals surface area contributed by atoms with Gasteiger partial charge in [0.1, 0.15) is 117 Å². The Morgan fingerprint density at radius 3 is 0.774 bits per heavy atom. The monoisotopic (exact) mass is 1840 g/mol. The summed E-state index contributed by atoms with van der Waals surface area (Å²) in [5.74, 6) is -6.99. The van der Waals surface area contributed by atoms with Gasteiger partial charge >= 0.3 is 0 Å². The van der Waals surface area contributed by atoms with Crippen LogP contribution in [0.15, 0.2) is 122 Å². The molecule has 0 radical (unpaired) electrons. The molecule has 4 aromatic carbocycles. The first-order valence-electron chi connectivity index (χ1n) is 40.8. The Kier molecular flexibility index (Phi) is 34.9. The van der Waals surface area contributed by atoms with Crippen LogP contribution in [0.2, 0.25) is 0 Å². The molecule has 124 heavy (non-hydrogen) atoms. The highest BCUT2D eigenvalue weighted by Gasteiger charge is 2.59. The topological polar surface area (TPSA) is 273 Å². The number of fused-ring (bicyclic) bond motifs is 5. The molecule has 10 aliphatic heterocycles. The quantitative estimate of drug-likeness (QED) is 0.0734. The van der Waals surface area contributed by atoms with Crippen LogP contribution in [0, 0.1) is 23.7 Å². The van der Waals surface area contributed by atoms with Crippen LogP contribution in [-0.2, 0) is 78.6 Å². The van der Waals surface area contributed by atoms with Crippen molar-refractivity contribution >= 4 is 96.2 Å². The number of benzene rings is 4. The summed E-state index contributed by atoms with van der Waals surface area (Å²) < 4.78 is 157. The molecule has 0 aromatic heterocycles. The van der Waals surface area contributed by atoms with Crippen LogP contribution >= 0.6 is 58.8 Å². The number of thioether (sulfide) groups is 5. The van der Waals surface area contributed by atoms with Crippen molar-refractivity contribution in [2.24, 2.45) is 48.6 Å². The summed E-state index contributed by atoms with van der Waals surface area (Å²) in [7, 11) is 25.4. The lowest BCUT2D eigenvalue weighted by atomic mass is 9.87. The van der Waals surface area contributed by atoms with Crippen molar-refractivity contribution in [2.45, 2.75) is 231 Å². The predicted molar refractivity (Wildman–Crippen MR) is 474 cm³/mol. The van der Waals surface area contributed by atoms with E-state index < -0.39 is 107 Å². The minimum atomic E-state index is -3.22. The third-order valence-electron chi connectivity index (χ3n) is 22.2. The number of rotatable bonds is 21. The van der Waals surface area contributed by atoms with Crippen molar-refractivity contribution in [2.75, 3.05) is 98.9 Å². The van der Waals surface area contributed by atoms with E-state index in [-0.39, 0.29) is 70.6 Å². The summed E-state index contributed by atoms with van der Waals surface area (Å²) in [6, 6.07) is 29.1. The zero-order chi connectivity index (χ0) is 90.9. The summed E-state index contributed by atoms with van der Waals surface area (Å²) in [5, 5.41) is 23.5. The molecular weight excluding hydrogens is 1720 g/mol. The van der Waals surface area contributed by atoms with Gasteiger partial charge in [0.15, 0.2) is 43.5 Å². The highest BCUT2D eigenvalue weighted by Crippen LogP contribution is 2.49. The normalized spacial score (nSPS) is 32.0. The van der Waals surface area contributed by atoms with Crippen LogP contribution in [0.1, 0.15) is 84.6 Å². The number of aliphatic imine (C=N–C) groups is 5. The number of carbonyl (C=O) groups excluding carboxylic acids is 2. The predicted octanol–water partition coefficient (Wildman–Crippen LogP) is 12.5. The number of hydrogen-bond acceptors (Lipinski definition) is 32. The molecule has 10 heterocycles. The van der Waals surface area contributed by atoms with Gasteiger partial charge in [-0.05, 0) is 84.6 Å². The highest BCUT2D eigenvalue weighted by atomic mass is 32.2. The largest absolute Gasteiger partial charge is 0.497 e. The second-order valence-electron chi connectivity index (χ2n) is 33.2. The molecule has 5 fully saturated rings. The number of amidine groups is 5. The lowest BCUT2D eigenvalue weighted by Crippen LogP contribution is -2.59. The number of Topliss-reactive ketones (excluding diaryl/α,β-unsaturated/α-hetero) is 2. The van der Waals surface area contributed by atoms with Gasteiger partial charge in [0, 0.05) is 115 Å². The summed E-state index contributed by atoms with van der Waals surface area (Å²) in [5.41, 5.74) is 2.05. The van der Waals surface area contributed by atoms with Gasteiger partial charge in [-0.25, -0.2) is 26.3 Å². The van der Waals surface area contributed by atoms with Gasteiger partial charge < -0.3 is 96.3 Å². The van der Waals surface area contributed by atoms with Gasteiger partial charge in [-0.3, -0.25) is 34.6 Å². The SMILES string of the molecule is CN(C)C1=N[C@@H]2[C@@H](O)[C@H](O)[C@@H](C(C)(F)F)O[C@@H]2S1.COc1ccc(CO[C@H]2[C@H](C)[C@@H](C(C)(F)F)O[C@@H]3SC(N(C)C)=N[C@H]23)cc1.COc1ccc(CO[C@H]2[C@H](C)[C@@H](C(C)(F)F)O[C@@H]3SC(N(C)C)=N[C@H]23)cc1.COc1ccc(CO[C@H]2[C@H](C)[C@@H](C(C)=O)O[C@@H]3SC(N(C)C)=N[C@H]23)cc1.COc1ccc(CO[C@H]2[C@H](C)[C@@H](C(C)=O)O[C@@H]3SC(N(C)C)=N[C@H]23)cc1. The number of carbonyl (C=O) groups is 2. The molecule has 0 aliphatic carbocycles. The summed E-state index contributed by atoms with van der Waals surface area (Å²) in [4.78, 5) is 56.7. The minimum Gasteiger partial charge on any atom is -0.497 e. The van der Waals surface area contributed by atoms with E-state index in [1.165, 1.54) is 35.3 Å². The Labute approximate surface area is 744 Å². The highest BCUT2D eigenvalue weighted by molar-refractivity contribution is 8.15. The number of halogens is 6. The zero-order valence-electron chi connectivity index (χ0n) is 74.3. The molecule has 25 atom stereocenters. The maximum Gasteiger partial charge on any atom is 0.273 e. The van der Waals surface area contributed by atoms with Gasteiger partial charge in [-0.15, -0.1) is 0 Å². The number of aliphatic hydroxyl groups is 2. The van der Waals surface area contributed by atoms with Gasteiger partial charge in [0.25, 0.3) is 17.8 Å². The first kappa shape index (κ1) is 99.8. The van der Waals surface area contributed by atoms with Gasteiger partial charge in [0.05, 0.1) is 79.3 Å². The van der Waals surface area contributed by atoms with E-state index in [0.29, 0.717) is 38.5 Å². The fraction of sp³-hybridized carbons (Fsp3) is 0.640. The van der Waals surface area contributed by atoms with E-state index in [2.05, 4.69) is 15.0 Å². The third-order valence-corrected chi connectivity index (χ3v) is 28.7. The molecular formula is C86H120F6N10O17S5. The van der Waals surface area contributed by atoms with Gasteiger partial charge in [0.2, 0.25) is 0 Å². The van der Waals surface area contributed by atoms with Crippen molar-refractivity contribution in [3.05, 3.63) is 119 Å². The summed E-state index contributed by atoms with van der Waals surface area (Å²) in [6.07, 6.45) is -9.27. The molecule has 5 saturated heterocycles. The number of ether oxygens (including phenoxy) is 13. The molecule has 0 saturated carbocycles. The molecule has 4 aromatic rings. The van der Waals surface area contributed by atoms with E-state index in [1.807, 2.05) is 187 Å². The maximum absolute atomic E-state index is 14.1. The molecule has 27 nitrogen and oxygen atoms in total. The number of ketones is 2. The first-order chi connectivity index (χ1) is 58.4. The molecule has 2 N–H and O–H groups in total. The average molecular weight is 1840 g/mol. The lowest BCUT2D eigenvalue weighted by Gasteiger charge is -2.43. The minimum absolute atomic E-state index is 0.0351. The molecule has 0 bridgehead atoms. The number of nitrogens with zero attached hydrogens (tertiary/aromatic N) is 10. The molecule has 38 heteroatoms. The molecule has 0 spiro atoms. The summed E-state index contributed by atoms with van der Waals surface area (Å²) in [6.45, 7) is 14.7. The number of methoxy groups -OCH3 is 4. The van der Waals surface area contributed by atoms with Gasteiger partial charge in [-0.1, -0.05) is 135 Å². The molecule has 0 amide bonds. The lowest BCUT2D eigenvalue weighted by molar-refractivity contribution is -0.226. The maximum atomic E-state index is 14.1. The number of alkyl halides is 6. The Bertz CT molecular complexity index is 4080. The van der Waals surface area contributed by atoms with Crippen molar-refractivity contribution in [3.63, 3.8) is 0 Å². The van der Waals surface area contributed by atoms with Gasteiger partial charge in [-0.2, -0.15) is 0 Å². The van der Waals surface area contributed by atoms with E-state index in [9.17, 15) is 46.1 Å². The van der Waals surface area contributed by atoms with Crippen LogP contribution in [0.25, 0.3) is 0 Å². The van der Waals surface area contributed by atoms with Crippen molar-refractivity contribution < 1.29 is 108 Å². The molecule has 0 unspecified atom stereocenters. The Balaban J connectivity index is 0.000000163. The van der Waals surface area contributed by atoms with Crippen LogP contribution in [0.5, 0.6) is 23.0 Å². The van der Waals surface area contributed by atoms with E-state index in [4.69, 9.17) is 71.6 Å². The number of hydrogen-bond donors (Lipinski definition) is 2. The molecule has 14 rings (SSSR count). The van der Waals surface area contributed by atoms with Crippen molar-refractivity contribution in [3.8, 4) is 23.0 Å². The smallest absolute Gasteiger partial charge is 0.273 e. The van der Waals surface area contributed by atoms with Crippen molar-refractivity contribution in [1.82, 2.24) is 24.5 Å². The van der Waals surface area contributed by atoms with E-state index in [0.717, 1.165) is 79.8 Å². The summed E-state index contributed by atoms with van der Waals surface area (Å²) >= 11 is 7.06. The van der Waals surface area contributed by atoms with E-state index in [1.54, 1.807) is 98.7 Å². The fourth-order valence-corrected chi connectivity index (χ4v) is 21.2. The van der Waals surface area contributed by atoms with Crippen molar-refractivity contribution in [1.29, 1.82) is 0 Å². The van der Waals surface area contributed by atoms with Crippen LogP contribution in [0.3, 0.4) is 0 Å². The molecule has 10 aliphatic rings.